The van der Waals surface area contributed by atoms with E-state index < -0.39 is 0 Å². The van der Waals surface area contributed by atoms with Crippen molar-refractivity contribution in [3.63, 3.8) is 0 Å². The zero-order chi connectivity index (χ0) is 14.4. The number of hydrogen-bond acceptors (Lipinski definition) is 3. The van der Waals surface area contributed by atoms with E-state index in [2.05, 4.69) is 9.89 Å². The van der Waals surface area contributed by atoms with Crippen molar-refractivity contribution in [1.82, 2.24) is 4.90 Å². The molecule has 4 nitrogen and oxygen atoms in total. The number of benzene rings is 1. The summed E-state index contributed by atoms with van der Waals surface area (Å²) in [5.74, 6) is 3.83. The van der Waals surface area contributed by atoms with Crippen LogP contribution in [0.5, 0.6) is 5.75 Å². The second-order valence-corrected chi connectivity index (χ2v) is 6.31. The van der Waals surface area contributed by atoms with Gasteiger partial charge in [-0.2, -0.15) is 11.8 Å². The average Bonchev–Trinajstić information content (AvgIpc) is 2.46. The van der Waals surface area contributed by atoms with Gasteiger partial charge >= 0.3 is 0 Å². The van der Waals surface area contributed by atoms with Gasteiger partial charge in [-0.1, -0.05) is 12.1 Å². The van der Waals surface area contributed by atoms with Gasteiger partial charge in [0, 0.05) is 24.6 Å². The van der Waals surface area contributed by atoms with Gasteiger partial charge in [-0.3, -0.25) is 0 Å². The molecule has 1 aromatic rings. The summed E-state index contributed by atoms with van der Waals surface area (Å²) in [6.45, 7) is 6.67. The van der Waals surface area contributed by atoms with Crippen molar-refractivity contribution in [1.29, 1.82) is 0 Å². The van der Waals surface area contributed by atoms with E-state index in [1.807, 2.05) is 49.9 Å². The Kier molecular flexibility index (Phi) is 8.24. The number of rotatable bonds is 4. The predicted octanol–water partition coefficient (Wildman–Crippen LogP) is 2.96. The Hall–Kier alpha value is -0.630. The zero-order valence-electron chi connectivity index (χ0n) is 12.6. The fraction of sp³-hybridized carbons (Fsp3) is 0.533. The van der Waals surface area contributed by atoms with Gasteiger partial charge in [0.15, 0.2) is 5.96 Å². The van der Waals surface area contributed by atoms with Crippen LogP contribution in [0.15, 0.2) is 29.3 Å². The van der Waals surface area contributed by atoms with E-state index in [0.29, 0.717) is 12.5 Å². The molecule has 1 fully saturated rings. The van der Waals surface area contributed by atoms with Crippen LogP contribution in [0.4, 0.5) is 0 Å². The minimum absolute atomic E-state index is 0. The van der Waals surface area contributed by atoms with Gasteiger partial charge < -0.3 is 15.4 Å². The Balaban J connectivity index is 0.00000220. The lowest BCUT2D eigenvalue weighted by atomic mass is 10.2. The summed E-state index contributed by atoms with van der Waals surface area (Å²) in [5, 5.41) is 0. The second kappa shape index (κ2) is 9.40. The summed E-state index contributed by atoms with van der Waals surface area (Å²) in [7, 11) is 0. The third-order valence-electron chi connectivity index (χ3n) is 3.05. The van der Waals surface area contributed by atoms with Crippen molar-refractivity contribution >= 4 is 41.7 Å². The Morgan fingerprint density at radius 2 is 1.90 bits per heavy atom. The average molecular weight is 421 g/mol. The summed E-state index contributed by atoms with van der Waals surface area (Å²) < 4.78 is 5.62. The number of hydrogen-bond donors (Lipinski definition) is 1. The molecule has 6 heteroatoms. The molecule has 1 aromatic carbocycles. The van der Waals surface area contributed by atoms with Gasteiger partial charge in [-0.05, 0) is 31.5 Å². The van der Waals surface area contributed by atoms with Gasteiger partial charge in [0.05, 0.1) is 12.6 Å². The van der Waals surface area contributed by atoms with Crippen molar-refractivity contribution in [2.24, 2.45) is 10.7 Å². The number of ether oxygens (including phenoxy) is 1. The maximum Gasteiger partial charge on any atom is 0.191 e. The van der Waals surface area contributed by atoms with E-state index in [9.17, 15) is 0 Å². The lowest BCUT2D eigenvalue weighted by Crippen LogP contribution is -2.42. The molecule has 0 aromatic heterocycles. The molecule has 1 aliphatic rings. The third-order valence-corrected chi connectivity index (χ3v) is 4.00. The van der Waals surface area contributed by atoms with Crippen LogP contribution in [-0.2, 0) is 6.54 Å². The molecule has 2 rings (SSSR count). The van der Waals surface area contributed by atoms with E-state index in [0.717, 1.165) is 35.9 Å². The molecule has 0 unspecified atom stereocenters. The first-order valence-corrected chi connectivity index (χ1v) is 8.19. The molecule has 1 heterocycles. The molecule has 0 radical (unpaired) electrons. The second-order valence-electron chi connectivity index (χ2n) is 5.08. The van der Waals surface area contributed by atoms with Crippen molar-refractivity contribution in [3.8, 4) is 5.75 Å². The number of thioether (sulfide) groups is 1. The van der Waals surface area contributed by atoms with E-state index in [1.165, 1.54) is 0 Å². The molecule has 0 bridgehead atoms. The Bertz CT molecular complexity index is 445. The fourth-order valence-corrected chi connectivity index (χ4v) is 2.91. The highest BCUT2D eigenvalue weighted by Gasteiger charge is 2.11. The quantitative estimate of drug-likeness (QED) is 0.462. The molecule has 0 saturated carbocycles. The van der Waals surface area contributed by atoms with Crippen LogP contribution >= 0.6 is 35.7 Å². The van der Waals surface area contributed by atoms with Gasteiger partial charge in [0.1, 0.15) is 5.75 Å². The maximum atomic E-state index is 6.03. The number of guanidine groups is 1. The Morgan fingerprint density at radius 1 is 1.29 bits per heavy atom. The summed E-state index contributed by atoms with van der Waals surface area (Å²) in [6.07, 6.45) is 0.200. The molecule has 2 N–H and O–H groups in total. The normalized spacial score (nSPS) is 15.8. The molecular weight excluding hydrogens is 397 g/mol. The van der Waals surface area contributed by atoms with Crippen LogP contribution in [0, 0.1) is 0 Å². The lowest BCUT2D eigenvalue weighted by Gasteiger charge is -2.27. The molecule has 0 atom stereocenters. The largest absolute Gasteiger partial charge is 0.491 e. The minimum atomic E-state index is 0. The number of nitrogens with zero attached hydrogens (tertiary/aromatic N) is 2. The first-order chi connectivity index (χ1) is 9.65. The fourth-order valence-electron chi connectivity index (χ4n) is 2.01. The van der Waals surface area contributed by atoms with E-state index in [1.54, 1.807) is 0 Å². The van der Waals surface area contributed by atoms with Crippen molar-refractivity contribution in [2.75, 3.05) is 24.6 Å². The van der Waals surface area contributed by atoms with Gasteiger partial charge in [-0.25, -0.2) is 4.99 Å². The van der Waals surface area contributed by atoms with Gasteiger partial charge in [-0.15, -0.1) is 24.0 Å². The van der Waals surface area contributed by atoms with Crippen molar-refractivity contribution < 1.29 is 4.74 Å². The summed E-state index contributed by atoms with van der Waals surface area (Å²) in [4.78, 5) is 6.64. The van der Waals surface area contributed by atoms with Crippen LogP contribution < -0.4 is 10.5 Å². The zero-order valence-corrected chi connectivity index (χ0v) is 15.8. The smallest absolute Gasteiger partial charge is 0.191 e. The minimum Gasteiger partial charge on any atom is -0.491 e. The monoisotopic (exact) mass is 421 g/mol. The van der Waals surface area contributed by atoms with E-state index >= 15 is 0 Å². The highest BCUT2D eigenvalue weighted by molar-refractivity contribution is 14.0. The summed E-state index contributed by atoms with van der Waals surface area (Å²) in [6, 6.07) is 8.05. The third kappa shape index (κ3) is 6.34. The molecule has 1 saturated heterocycles. The number of halogens is 1. The molecule has 118 valence electrons. The van der Waals surface area contributed by atoms with E-state index in [4.69, 9.17) is 10.5 Å². The first-order valence-electron chi connectivity index (χ1n) is 7.03. The molecular formula is C15H24IN3OS. The molecule has 0 spiro atoms. The number of aliphatic imine (C=N–C) groups is 1. The van der Waals surface area contributed by atoms with Crippen LogP contribution in [0.1, 0.15) is 19.4 Å². The molecule has 0 aliphatic carbocycles. The standard InChI is InChI=1S/C15H23N3OS.HI/c1-12(2)19-14-5-3-13(4-6-14)11-17-15(16)18-7-9-20-10-8-18;/h3-6,12H,7-11H2,1-2H3,(H2,16,17);1H. The highest BCUT2D eigenvalue weighted by atomic mass is 127. The highest BCUT2D eigenvalue weighted by Crippen LogP contribution is 2.14. The molecule has 0 amide bonds. The SMILES string of the molecule is CC(C)Oc1ccc(CN=C(N)N2CCSCC2)cc1.I. The maximum absolute atomic E-state index is 6.03. The van der Waals surface area contributed by atoms with Crippen molar-refractivity contribution in [3.05, 3.63) is 29.8 Å². The van der Waals surface area contributed by atoms with E-state index in [-0.39, 0.29) is 30.1 Å². The summed E-state index contributed by atoms with van der Waals surface area (Å²) >= 11 is 1.97. The predicted molar refractivity (Wildman–Crippen MR) is 102 cm³/mol. The van der Waals surface area contributed by atoms with Gasteiger partial charge in [0.25, 0.3) is 0 Å². The Morgan fingerprint density at radius 3 is 2.48 bits per heavy atom. The van der Waals surface area contributed by atoms with Crippen LogP contribution in [0.2, 0.25) is 0 Å². The summed E-state index contributed by atoms with van der Waals surface area (Å²) in [5.41, 5.74) is 7.18. The van der Waals surface area contributed by atoms with Crippen LogP contribution in [-0.4, -0.2) is 41.6 Å². The topological polar surface area (TPSA) is 50.9 Å². The molecule has 21 heavy (non-hydrogen) atoms. The van der Waals surface area contributed by atoms with Crippen LogP contribution in [0.3, 0.4) is 0 Å². The first kappa shape index (κ1) is 18.4. The Labute approximate surface area is 148 Å². The number of nitrogens with two attached hydrogens (primary N) is 1. The lowest BCUT2D eigenvalue weighted by molar-refractivity contribution is 0.242. The van der Waals surface area contributed by atoms with Crippen molar-refractivity contribution in [2.45, 2.75) is 26.5 Å². The van der Waals surface area contributed by atoms with Gasteiger partial charge in [0.2, 0.25) is 0 Å². The van der Waals surface area contributed by atoms with Crippen LogP contribution in [0.25, 0.3) is 0 Å². The molecule has 1 aliphatic heterocycles.